The van der Waals surface area contributed by atoms with Crippen LogP contribution in [0.1, 0.15) is 22.5 Å². The van der Waals surface area contributed by atoms with E-state index in [0.29, 0.717) is 0 Å². The molecule has 0 amide bonds. The lowest BCUT2D eigenvalue weighted by molar-refractivity contribution is -0.390. The number of nitrogens with zero attached hydrogens (tertiary/aromatic N) is 2. The summed E-state index contributed by atoms with van der Waals surface area (Å²) in [5.41, 5.74) is -0.998. The fourth-order valence-corrected chi connectivity index (χ4v) is 1.58. The van der Waals surface area contributed by atoms with E-state index in [-0.39, 0.29) is 15.4 Å². The molecule has 0 aliphatic rings. The molecule has 0 aliphatic carbocycles. The molecule has 0 fully saturated rings. The molecule has 0 aromatic carbocycles. The van der Waals surface area contributed by atoms with Crippen molar-refractivity contribution >= 4 is 34.7 Å². The Balaban J connectivity index is 3.43. The number of alkyl halides is 2. The highest BCUT2D eigenvalue weighted by Crippen LogP contribution is 2.26. The maximum Gasteiger partial charge on any atom is 0.374 e. The van der Waals surface area contributed by atoms with Gasteiger partial charge in [0.1, 0.15) is 5.56 Å². The standard InChI is InChI=1S/C7H3F2IN2O3/c8-6(9)5-4(10)1-3(2-13)7(11-5)12(14)15/h1-2,6H. The van der Waals surface area contributed by atoms with Crippen molar-refractivity contribution < 1.29 is 18.5 Å². The molecule has 0 unspecified atom stereocenters. The van der Waals surface area contributed by atoms with Crippen molar-refractivity contribution in [2.75, 3.05) is 0 Å². The van der Waals surface area contributed by atoms with E-state index < -0.39 is 22.9 Å². The summed E-state index contributed by atoms with van der Waals surface area (Å²) in [6, 6.07) is 1.01. The number of aldehydes is 1. The van der Waals surface area contributed by atoms with Gasteiger partial charge in [-0.3, -0.25) is 4.79 Å². The van der Waals surface area contributed by atoms with E-state index in [0.717, 1.165) is 6.07 Å². The van der Waals surface area contributed by atoms with E-state index in [9.17, 15) is 23.7 Å². The molecule has 0 spiro atoms. The molecule has 0 aliphatic heterocycles. The average molecular weight is 328 g/mol. The predicted octanol–water partition coefficient (Wildman–Crippen LogP) is 2.34. The van der Waals surface area contributed by atoms with E-state index in [1.54, 1.807) is 22.6 Å². The van der Waals surface area contributed by atoms with Crippen LogP contribution < -0.4 is 0 Å². The SMILES string of the molecule is O=Cc1cc(I)c(C(F)F)nc1[N+](=O)[O-]. The van der Waals surface area contributed by atoms with E-state index in [2.05, 4.69) is 4.98 Å². The Labute approximate surface area is 95.8 Å². The van der Waals surface area contributed by atoms with Crippen LogP contribution in [0.5, 0.6) is 0 Å². The van der Waals surface area contributed by atoms with Gasteiger partial charge in [-0.2, -0.15) is 0 Å². The van der Waals surface area contributed by atoms with Gasteiger partial charge in [0.05, 0.1) is 3.57 Å². The molecule has 1 aromatic rings. The molecule has 0 radical (unpaired) electrons. The van der Waals surface area contributed by atoms with Gasteiger partial charge in [0.2, 0.25) is 5.69 Å². The van der Waals surface area contributed by atoms with E-state index in [4.69, 9.17) is 0 Å². The summed E-state index contributed by atoms with van der Waals surface area (Å²) in [5, 5.41) is 10.4. The lowest BCUT2D eigenvalue weighted by Crippen LogP contribution is -2.04. The fraction of sp³-hybridized carbons (Fsp3) is 0.143. The second-order valence-electron chi connectivity index (χ2n) is 2.44. The number of carbonyl (C=O) groups is 1. The van der Waals surface area contributed by atoms with Gasteiger partial charge < -0.3 is 10.1 Å². The smallest absolute Gasteiger partial charge is 0.358 e. The maximum absolute atomic E-state index is 12.3. The third kappa shape index (κ3) is 2.43. The highest BCUT2D eigenvalue weighted by atomic mass is 127. The maximum atomic E-state index is 12.3. The van der Waals surface area contributed by atoms with Crippen molar-refractivity contribution in [1.82, 2.24) is 4.98 Å². The zero-order valence-electron chi connectivity index (χ0n) is 6.99. The Morgan fingerprint density at radius 2 is 2.20 bits per heavy atom. The van der Waals surface area contributed by atoms with Gasteiger partial charge in [-0.25, -0.2) is 8.78 Å². The van der Waals surface area contributed by atoms with Gasteiger partial charge in [0.25, 0.3) is 0 Å². The zero-order chi connectivity index (χ0) is 11.6. The molecule has 0 saturated heterocycles. The number of carbonyl (C=O) groups excluding carboxylic acids is 1. The van der Waals surface area contributed by atoms with E-state index in [1.807, 2.05) is 0 Å². The summed E-state index contributed by atoms with van der Waals surface area (Å²) in [6.45, 7) is 0. The van der Waals surface area contributed by atoms with Crippen LogP contribution in [0.4, 0.5) is 14.6 Å². The van der Waals surface area contributed by atoms with Crippen LogP contribution in [0.3, 0.4) is 0 Å². The first-order chi connectivity index (χ1) is 6.97. The molecule has 5 nitrogen and oxygen atoms in total. The Kier molecular flexibility index (Phi) is 3.61. The van der Waals surface area contributed by atoms with Crippen LogP contribution >= 0.6 is 22.6 Å². The third-order valence-electron chi connectivity index (χ3n) is 1.52. The van der Waals surface area contributed by atoms with Crippen molar-refractivity contribution in [1.29, 1.82) is 0 Å². The molecule has 0 bridgehead atoms. The van der Waals surface area contributed by atoms with Gasteiger partial charge >= 0.3 is 12.2 Å². The number of pyridine rings is 1. The molecule has 1 heterocycles. The van der Waals surface area contributed by atoms with Gasteiger partial charge in [-0.1, -0.05) is 0 Å². The van der Waals surface area contributed by atoms with Crippen molar-refractivity contribution in [3.8, 4) is 0 Å². The molecule has 1 aromatic heterocycles. The second kappa shape index (κ2) is 4.55. The molecule has 0 atom stereocenters. The predicted molar refractivity (Wildman–Crippen MR) is 54.0 cm³/mol. The average Bonchev–Trinajstić information content (AvgIpc) is 2.16. The van der Waals surface area contributed by atoms with E-state index in [1.165, 1.54) is 0 Å². The monoisotopic (exact) mass is 328 g/mol. The molecule has 0 N–H and O–H groups in total. The van der Waals surface area contributed by atoms with Crippen molar-refractivity contribution in [2.45, 2.75) is 6.43 Å². The summed E-state index contributed by atoms with van der Waals surface area (Å²) < 4.78 is 24.7. The third-order valence-corrected chi connectivity index (χ3v) is 2.38. The fourth-order valence-electron chi connectivity index (χ4n) is 0.893. The normalized spacial score (nSPS) is 10.4. The molecule has 15 heavy (non-hydrogen) atoms. The Hall–Kier alpha value is -1.19. The minimum atomic E-state index is -2.91. The Bertz CT molecular complexity index is 425. The molecular formula is C7H3F2IN2O3. The van der Waals surface area contributed by atoms with Crippen LogP contribution in [0.25, 0.3) is 0 Å². The highest BCUT2D eigenvalue weighted by Gasteiger charge is 2.25. The number of hydrogen-bond acceptors (Lipinski definition) is 4. The summed E-state index contributed by atoms with van der Waals surface area (Å²) in [7, 11) is 0. The first-order valence-corrected chi connectivity index (χ1v) is 4.63. The number of aromatic nitrogens is 1. The number of nitro groups is 1. The van der Waals surface area contributed by atoms with Crippen molar-refractivity contribution in [3.63, 3.8) is 0 Å². The van der Waals surface area contributed by atoms with Crippen LogP contribution in [0.15, 0.2) is 6.07 Å². The van der Waals surface area contributed by atoms with Gasteiger partial charge in [-0.05, 0) is 38.6 Å². The Morgan fingerprint density at radius 3 is 2.60 bits per heavy atom. The molecule has 8 heteroatoms. The molecular weight excluding hydrogens is 325 g/mol. The summed E-state index contributed by atoms with van der Waals surface area (Å²) in [6.07, 6.45) is -2.70. The van der Waals surface area contributed by atoms with Gasteiger partial charge in [-0.15, -0.1) is 0 Å². The molecule has 0 saturated carbocycles. The van der Waals surface area contributed by atoms with Crippen molar-refractivity contribution in [3.05, 3.63) is 31.0 Å². The lowest BCUT2D eigenvalue weighted by atomic mass is 10.2. The minimum Gasteiger partial charge on any atom is -0.358 e. The second-order valence-corrected chi connectivity index (χ2v) is 3.61. The van der Waals surface area contributed by atoms with Crippen LogP contribution in [0.2, 0.25) is 0 Å². The van der Waals surface area contributed by atoms with E-state index >= 15 is 0 Å². The summed E-state index contributed by atoms with van der Waals surface area (Å²) in [4.78, 5) is 23.0. The van der Waals surface area contributed by atoms with Gasteiger partial charge in [0.15, 0.2) is 6.29 Å². The first kappa shape index (κ1) is 11.9. The van der Waals surface area contributed by atoms with Gasteiger partial charge in [0, 0.05) is 0 Å². The molecule has 1 rings (SSSR count). The van der Waals surface area contributed by atoms with Crippen LogP contribution in [-0.4, -0.2) is 16.2 Å². The number of hydrogen-bond donors (Lipinski definition) is 0. The summed E-state index contributed by atoms with van der Waals surface area (Å²) >= 11 is 1.54. The van der Waals surface area contributed by atoms with Crippen LogP contribution in [-0.2, 0) is 0 Å². The molecule has 80 valence electrons. The minimum absolute atomic E-state index is 0.0234. The number of halogens is 3. The zero-order valence-corrected chi connectivity index (χ0v) is 9.14. The quantitative estimate of drug-likeness (QED) is 0.369. The topological polar surface area (TPSA) is 73.1 Å². The summed E-state index contributed by atoms with van der Waals surface area (Å²) in [5.74, 6) is -0.847. The lowest BCUT2D eigenvalue weighted by Gasteiger charge is -2.00. The van der Waals surface area contributed by atoms with Crippen molar-refractivity contribution in [2.24, 2.45) is 0 Å². The largest absolute Gasteiger partial charge is 0.374 e. The highest BCUT2D eigenvalue weighted by molar-refractivity contribution is 14.1. The number of rotatable bonds is 3. The van der Waals surface area contributed by atoms with Crippen LogP contribution in [0, 0.1) is 13.7 Å². The Morgan fingerprint density at radius 1 is 1.60 bits per heavy atom. The first-order valence-electron chi connectivity index (χ1n) is 3.55.